The van der Waals surface area contributed by atoms with E-state index in [1.54, 1.807) is 0 Å². The fourth-order valence-corrected chi connectivity index (χ4v) is 2.75. The Kier molecular flexibility index (Phi) is 5.01. The van der Waals surface area contributed by atoms with Crippen LogP contribution in [-0.4, -0.2) is 23.8 Å². The fourth-order valence-electron chi connectivity index (χ4n) is 2.75. The topological polar surface area (TPSA) is 61.4 Å². The van der Waals surface area contributed by atoms with Crippen molar-refractivity contribution < 1.29 is 9.90 Å². The highest BCUT2D eigenvalue weighted by Gasteiger charge is 2.14. The van der Waals surface area contributed by atoms with E-state index in [0.717, 1.165) is 24.9 Å². The van der Waals surface area contributed by atoms with Gasteiger partial charge in [-0.25, -0.2) is 4.79 Å². The molecule has 0 spiro atoms. The summed E-state index contributed by atoms with van der Waals surface area (Å²) in [7, 11) is 0. The molecule has 0 fully saturated rings. The summed E-state index contributed by atoms with van der Waals surface area (Å²) in [6.07, 6.45) is 4.21. The van der Waals surface area contributed by atoms with Gasteiger partial charge in [0.2, 0.25) is 0 Å². The predicted molar refractivity (Wildman–Crippen MR) is 81.0 cm³/mol. The van der Waals surface area contributed by atoms with Crippen molar-refractivity contribution in [2.45, 2.75) is 45.6 Å². The lowest BCUT2D eigenvalue weighted by molar-refractivity contribution is 0.214. The molecule has 0 saturated heterocycles. The minimum atomic E-state index is -0.248. The second kappa shape index (κ2) is 6.75. The van der Waals surface area contributed by atoms with E-state index in [2.05, 4.69) is 36.6 Å². The molecule has 0 radical (unpaired) electrons. The molecule has 110 valence electrons. The Morgan fingerprint density at radius 1 is 1.30 bits per heavy atom. The summed E-state index contributed by atoms with van der Waals surface area (Å²) >= 11 is 0. The van der Waals surface area contributed by atoms with E-state index in [4.69, 9.17) is 0 Å². The quantitative estimate of drug-likeness (QED) is 0.774. The Labute approximate surface area is 120 Å². The van der Waals surface area contributed by atoms with Crippen molar-refractivity contribution in [3.8, 4) is 0 Å². The number of amides is 2. The van der Waals surface area contributed by atoms with Gasteiger partial charge in [0.1, 0.15) is 0 Å². The van der Waals surface area contributed by atoms with Crippen LogP contribution < -0.4 is 10.6 Å². The Morgan fingerprint density at radius 2 is 2.05 bits per heavy atom. The Morgan fingerprint density at radius 3 is 2.75 bits per heavy atom. The fraction of sp³-hybridized carbons (Fsp3) is 0.562. The van der Waals surface area contributed by atoms with Crippen LogP contribution in [0.5, 0.6) is 0 Å². The molecule has 2 amide bonds. The molecule has 1 aliphatic carbocycles. The molecule has 1 aromatic carbocycles. The molecule has 0 heterocycles. The van der Waals surface area contributed by atoms with Gasteiger partial charge in [-0.05, 0) is 54.9 Å². The summed E-state index contributed by atoms with van der Waals surface area (Å²) < 4.78 is 0. The zero-order valence-electron chi connectivity index (χ0n) is 12.3. The summed E-state index contributed by atoms with van der Waals surface area (Å²) in [5, 5.41) is 14.9. The molecule has 1 aromatic rings. The lowest BCUT2D eigenvalue weighted by Gasteiger charge is -2.18. The molecule has 20 heavy (non-hydrogen) atoms. The number of hydrogen-bond acceptors (Lipinski definition) is 2. The van der Waals surface area contributed by atoms with Crippen molar-refractivity contribution in [3.63, 3.8) is 0 Å². The number of aliphatic hydroxyl groups is 1. The lowest BCUT2D eigenvalue weighted by Crippen LogP contribution is -2.40. The second-order valence-corrected chi connectivity index (χ2v) is 5.94. The van der Waals surface area contributed by atoms with Crippen LogP contribution in [0.3, 0.4) is 0 Å². The second-order valence-electron chi connectivity index (χ2n) is 5.94. The first-order valence-electron chi connectivity index (χ1n) is 7.38. The van der Waals surface area contributed by atoms with Crippen molar-refractivity contribution in [2.24, 2.45) is 5.92 Å². The van der Waals surface area contributed by atoms with Gasteiger partial charge in [0.15, 0.2) is 0 Å². The predicted octanol–water partition coefficient (Wildman–Crippen LogP) is 2.70. The maximum atomic E-state index is 11.9. The van der Waals surface area contributed by atoms with E-state index in [9.17, 15) is 9.90 Å². The molecule has 0 saturated carbocycles. The van der Waals surface area contributed by atoms with E-state index in [1.807, 2.05) is 6.07 Å². The highest BCUT2D eigenvalue weighted by molar-refractivity contribution is 5.89. The first kappa shape index (κ1) is 14.9. The van der Waals surface area contributed by atoms with E-state index < -0.39 is 0 Å². The molecule has 4 nitrogen and oxygen atoms in total. The number of benzene rings is 1. The number of fused-ring (bicyclic) bond motifs is 1. The largest absolute Gasteiger partial charge is 0.394 e. The highest BCUT2D eigenvalue weighted by Crippen LogP contribution is 2.24. The minimum absolute atomic E-state index is 0.0320. The van der Waals surface area contributed by atoms with Gasteiger partial charge >= 0.3 is 6.03 Å². The smallest absolute Gasteiger partial charge is 0.319 e. The maximum Gasteiger partial charge on any atom is 0.319 e. The van der Waals surface area contributed by atoms with Crippen molar-refractivity contribution in [1.29, 1.82) is 0 Å². The summed E-state index contributed by atoms with van der Waals surface area (Å²) in [5.41, 5.74) is 3.55. The Bertz CT molecular complexity index is 472. The van der Waals surface area contributed by atoms with E-state index >= 15 is 0 Å². The highest BCUT2D eigenvalue weighted by atomic mass is 16.3. The van der Waals surface area contributed by atoms with Crippen LogP contribution in [0.15, 0.2) is 18.2 Å². The molecule has 1 atom stereocenters. The Balaban J connectivity index is 1.90. The van der Waals surface area contributed by atoms with E-state index in [0.29, 0.717) is 5.92 Å². The number of urea groups is 1. The number of hydrogen-bond donors (Lipinski definition) is 3. The maximum absolute atomic E-state index is 11.9. The number of carbonyl (C=O) groups excluding carboxylic acids is 1. The molecule has 0 aromatic heterocycles. The number of anilines is 1. The lowest BCUT2D eigenvalue weighted by atomic mass is 10.0. The molecule has 3 N–H and O–H groups in total. The van der Waals surface area contributed by atoms with Gasteiger partial charge in [-0.2, -0.15) is 0 Å². The molecule has 2 rings (SSSR count). The zero-order chi connectivity index (χ0) is 14.5. The van der Waals surface area contributed by atoms with Gasteiger partial charge in [-0.3, -0.25) is 0 Å². The molecule has 1 aliphatic rings. The van der Waals surface area contributed by atoms with E-state index in [1.165, 1.54) is 17.5 Å². The van der Waals surface area contributed by atoms with Crippen LogP contribution in [0.4, 0.5) is 10.5 Å². The first-order valence-corrected chi connectivity index (χ1v) is 7.38. The number of aryl methyl sites for hydroxylation is 2. The Hall–Kier alpha value is -1.55. The van der Waals surface area contributed by atoms with Gasteiger partial charge in [0.05, 0.1) is 12.6 Å². The van der Waals surface area contributed by atoms with Gasteiger partial charge < -0.3 is 15.7 Å². The van der Waals surface area contributed by atoms with Crippen molar-refractivity contribution >= 4 is 11.7 Å². The van der Waals surface area contributed by atoms with Crippen LogP contribution in [0.25, 0.3) is 0 Å². The van der Waals surface area contributed by atoms with Crippen LogP contribution in [-0.2, 0) is 12.8 Å². The van der Waals surface area contributed by atoms with Crippen molar-refractivity contribution in [1.82, 2.24) is 5.32 Å². The van der Waals surface area contributed by atoms with Crippen LogP contribution in [0.2, 0.25) is 0 Å². The van der Waals surface area contributed by atoms with Crippen LogP contribution in [0.1, 0.15) is 37.8 Å². The van der Waals surface area contributed by atoms with Gasteiger partial charge in [0.25, 0.3) is 0 Å². The minimum Gasteiger partial charge on any atom is -0.394 e. The van der Waals surface area contributed by atoms with Crippen LogP contribution >= 0.6 is 0 Å². The van der Waals surface area contributed by atoms with E-state index in [-0.39, 0.29) is 18.7 Å². The third-order valence-electron chi connectivity index (χ3n) is 3.67. The summed E-state index contributed by atoms with van der Waals surface area (Å²) in [5.74, 6) is 0.437. The molecule has 1 unspecified atom stereocenters. The third kappa shape index (κ3) is 3.97. The zero-order valence-corrected chi connectivity index (χ0v) is 12.3. The van der Waals surface area contributed by atoms with Gasteiger partial charge in [-0.1, -0.05) is 19.9 Å². The molecular formula is C16H24N2O2. The van der Waals surface area contributed by atoms with Crippen LogP contribution in [0, 0.1) is 5.92 Å². The standard InChI is InChI=1S/C16H24N2O2/c1-11(2)8-15(10-19)18-16(20)17-14-7-6-12-4-3-5-13(12)9-14/h6-7,9,11,15,19H,3-5,8,10H2,1-2H3,(H2,17,18,20). The first-order chi connectivity index (χ1) is 9.58. The molecule has 0 bridgehead atoms. The number of carbonyl (C=O) groups is 1. The van der Waals surface area contributed by atoms with Crippen molar-refractivity contribution in [2.75, 3.05) is 11.9 Å². The SMILES string of the molecule is CC(C)CC(CO)NC(=O)Nc1ccc2c(c1)CCC2. The summed E-state index contributed by atoms with van der Waals surface area (Å²) in [6.45, 7) is 4.11. The molecule has 0 aliphatic heterocycles. The number of aliphatic hydroxyl groups excluding tert-OH is 1. The number of rotatable bonds is 5. The third-order valence-corrected chi connectivity index (χ3v) is 3.67. The average molecular weight is 276 g/mol. The normalized spacial score (nSPS) is 15.0. The van der Waals surface area contributed by atoms with Gasteiger partial charge in [-0.15, -0.1) is 0 Å². The summed E-state index contributed by atoms with van der Waals surface area (Å²) in [4.78, 5) is 11.9. The molecule has 4 heteroatoms. The average Bonchev–Trinajstić information content (AvgIpc) is 2.84. The van der Waals surface area contributed by atoms with Gasteiger partial charge in [0, 0.05) is 5.69 Å². The number of nitrogens with one attached hydrogen (secondary N) is 2. The molecular weight excluding hydrogens is 252 g/mol. The van der Waals surface area contributed by atoms with Crippen molar-refractivity contribution in [3.05, 3.63) is 29.3 Å². The monoisotopic (exact) mass is 276 g/mol. The summed E-state index contributed by atoms with van der Waals surface area (Å²) in [6, 6.07) is 5.65.